The van der Waals surface area contributed by atoms with E-state index in [1.807, 2.05) is 19.1 Å². The molecule has 0 spiro atoms. The Balaban J connectivity index is 2.03. The molecule has 2 aromatic heterocycles. The van der Waals surface area contributed by atoms with E-state index in [0.29, 0.717) is 6.61 Å². The summed E-state index contributed by atoms with van der Waals surface area (Å²) in [6, 6.07) is 5.89. The minimum Gasteiger partial charge on any atom is -0.490 e. The van der Waals surface area contributed by atoms with Crippen molar-refractivity contribution in [2.75, 3.05) is 11.9 Å². The average Bonchev–Trinajstić information content (AvgIpc) is 2.74. The van der Waals surface area contributed by atoms with Crippen LogP contribution in [0.2, 0.25) is 0 Å². The first-order valence-corrected chi connectivity index (χ1v) is 7.01. The van der Waals surface area contributed by atoms with Gasteiger partial charge in [0.05, 0.1) is 13.2 Å². The van der Waals surface area contributed by atoms with E-state index >= 15 is 0 Å². The minimum atomic E-state index is 0.644. The van der Waals surface area contributed by atoms with Crippen LogP contribution in [-0.4, -0.2) is 11.6 Å². The van der Waals surface area contributed by atoms with Gasteiger partial charge in [-0.05, 0) is 41.1 Å². The second kappa shape index (κ2) is 6.02. The van der Waals surface area contributed by atoms with E-state index in [1.165, 1.54) is 4.88 Å². The number of aromatic nitrogens is 1. The molecule has 0 aliphatic rings. The van der Waals surface area contributed by atoms with E-state index in [-0.39, 0.29) is 0 Å². The highest BCUT2D eigenvalue weighted by atomic mass is 79.9. The predicted octanol–water partition coefficient (Wildman–Crippen LogP) is 3.92. The molecule has 17 heavy (non-hydrogen) atoms. The molecule has 0 radical (unpaired) electrons. The lowest BCUT2D eigenvalue weighted by Gasteiger charge is -2.09. The summed E-state index contributed by atoms with van der Waals surface area (Å²) in [5, 5.41) is 5.35. The monoisotopic (exact) mass is 312 g/mol. The lowest BCUT2D eigenvalue weighted by Crippen LogP contribution is -2.03. The third-order valence-corrected chi connectivity index (χ3v) is 3.82. The van der Waals surface area contributed by atoms with E-state index in [0.717, 1.165) is 22.6 Å². The van der Waals surface area contributed by atoms with E-state index in [4.69, 9.17) is 4.74 Å². The molecule has 5 heteroatoms. The van der Waals surface area contributed by atoms with Crippen LogP contribution < -0.4 is 10.1 Å². The highest BCUT2D eigenvalue weighted by Crippen LogP contribution is 2.24. The first-order valence-electron chi connectivity index (χ1n) is 5.34. The zero-order valence-corrected chi connectivity index (χ0v) is 11.8. The van der Waals surface area contributed by atoms with E-state index in [1.54, 1.807) is 17.5 Å². The highest BCUT2D eigenvalue weighted by Gasteiger charge is 2.04. The summed E-state index contributed by atoms with van der Waals surface area (Å²) < 4.78 is 6.62. The maximum Gasteiger partial charge on any atom is 0.169 e. The fraction of sp³-hybridized carbons (Fsp3) is 0.250. The number of ether oxygens (including phenoxy) is 1. The molecule has 0 bridgehead atoms. The quantitative estimate of drug-likeness (QED) is 0.908. The molecule has 0 saturated heterocycles. The van der Waals surface area contributed by atoms with Crippen molar-refractivity contribution in [3.63, 3.8) is 0 Å². The molecule has 0 aliphatic heterocycles. The lowest BCUT2D eigenvalue weighted by atomic mass is 10.4. The Bertz CT molecular complexity index is 487. The zero-order valence-electron chi connectivity index (χ0n) is 9.44. The van der Waals surface area contributed by atoms with Crippen molar-refractivity contribution in [2.45, 2.75) is 13.5 Å². The predicted molar refractivity (Wildman–Crippen MR) is 74.8 cm³/mol. The van der Waals surface area contributed by atoms with E-state index in [2.05, 4.69) is 37.7 Å². The van der Waals surface area contributed by atoms with E-state index < -0.39 is 0 Å². The van der Waals surface area contributed by atoms with Gasteiger partial charge in [-0.25, -0.2) is 4.98 Å². The van der Waals surface area contributed by atoms with Gasteiger partial charge in [-0.3, -0.25) is 0 Å². The Morgan fingerprint density at radius 1 is 1.53 bits per heavy atom. The maximum absolute atomic E-state index is 5.50. The van der Waals surface area contributed by atoms with Gasteiger partial charge < -0.3 is 10.1 Å². The molecular formula is C12H13BrN2OS. The summed E-state index contributed by atoms with van der Waals surface area (Å²) in [7, 11) is 0. The lowest BCUT2D eigenvalue weighted by molar-refractivity contribution is 0.340. The third-order valence-electron chi connectivity index (χ3n) is 2.12. The van der Waals surface area contributed by atoms with Crippen LogP contribution in [0, 0.1) is 0 Å². The zero-order chi connectivity index (χ0) is 12.1. The van der Waals surface area contributed by atoms with Gasteiger partial charge in [-0.1, -0.05) is 0 Å². The standard InChI is InChI=1S/C12H13BrN2OS/c1-2-16-11-4-3-5-14-12(11)15-7-10-6-9(13)8-17-10/h3-6,8H,2,7H2,1H3,(H,14,15). The van der Waals surface area contributed by atoms with E-state index in [9.17, 15) is 0 Å². The molecule has 0 aromatic carbocycles. The smallest absolute Gasteiger partial charge is 0.169 e. The number of rotatable bonds is 5. The minimum absolute atomic E-state index is 0.644. The number of thiophene rings is 1. The van der Waals surface area contributed by atoms with Crippen LogP contribution in [0.3, 0.4) is 0 Å². The number of nitrogens with zero attached hydrogens (tertiary/aromatic N) is 1. The molecule has 2 rings (SSSR count). The van der Waals surface area contributed by atoms with Crippen LogP contribution in [0.4, 0.5) is 5.82 Å². The first-order chi connectivity index (χ1) is 8.29. The van der Waals surface area contributed by atoms with Crippen LogP contribution >= 0.6 is 27.3 Å². The molecule has 0 aliphatic carbocycles. The summed E-state index contributed by atoms with van der Waals surface area (Å²) in [5.41, 5.74) is 0. The second-order valence-electron chi connectivity index (χ2n) is 3.37. The molecule has 90 valence electrons. The number of halogens is 1. The van der Waals surface area contributed by atoms with Gasteiger partial charge in [-0.2, -0.15) is 0 Å². The van der Waals surface area contributed by atoms with Gasteiger partial charge in [0.15, 0.2) is 11.6 Å². The Kier molecular flexibility index (Phi) is 4.39. The molecule has 0 unspecified atom stereocenters. The number of anilines is 1. The van der Waals surface area contributed by atoms with Crippen molar-refractivity contribution in [3.05, 3.63) is 39.1 Å². The summed E-state index contributed by atoms with van der Waals surface area (Å²) in [6.07, 6.45) is 1.76. The average molecular weight is 313 g/mol. The van der Waals surface area contributed by atoms with Gasteiger partial charge in [0, 0.05) is 20.9 Å². The molecule has 0 fully saturated rings. The van der Waals surface area contributed by atoms with Crippen molar-refractivity contribution in [3.8, 4) is 5.75 Å². The third kappa shape index (κ3) is 3.44. The van der Waals surface area contributed by atoms with Gasteiger partial charge >= 0.3 is 0 Å². The molecule has 0 saturated carbocycles. The van der Waals surface area contributed by atoms with Crippen LogP contribution in [0.15, 0.2) is 34.2 Å². The summed E-state index contributed by atoms with van der Waals surface area (Å²) in [6.45, 7) is 3.37. The number of hydrogen-bond donors (Lipinski definition) is 1. The van der Waals surface area contributed by atoms with Gasteiger partial charge in [0.25, 0.3) is 0 Å². The molecular weight excluding hydrogens is 300 g/mol. The largest absolute Gasteiger partial charge is 0.490 e. The Morgan fingerprint density at radius 2 is 2.41 bits per heavy atom. The topological polar surface area (TPSA) is 34.1 Å². The highest BCUT2D eigenvalue weighted by molar-refractivity contribution is 9.10. The Labute approximate surface area is 113 Å². The van der Waals surface area contributed by atoms with Crippen LogP contribution in [-0.2, 0) is 6.54 Å². The summed E-state index contributed by atoms with van der Waals surface area (Å²) in [5.74, 6) is 1.59. The van der Waals surface area contributed by atoms with Crippen molar-refractivity contribution in [2.24, 2.45) is 0 Å². The van der Waals surface area contributed by atoms with Crippen LogP contribution in [0.5, 0.6) is 5.75 Å². The molecule has 2 heterocycles. The number of pyridine rings is 1. The van der Waals surface area contributed by atoms with Crippen molar-refractivity contribution >= 4 is 33.1 Å². The van der Waals surface area contributed by atoms with Crippen molar-refractivity contribution in [1.82, 2.24) is 4.98 Å². The van der Waals surface area contributed by atoms with Gasteiger partial charge in [-0.15, -0.1) is 11.3 Å². The molecule has 1 N–H and O–H groups in total. The number of hydrogen-bond acceptors (Lipinski definition) is 4. The maximum atomic E-state index is 5.50. The second-order valence-corrected chi connectivity index (χ2v) is 5.28. The first kappa shape index (κ1) is 12.4. The normalized spacial score (nSPS) is 10.2. The van der Waals surface area contributed by atoms with Crippen LogP contribution in [0.25, 0.3) is 0 Å². The molecule has 0 atom stereocenters. The Hall–Kier alpha value is -1.07. The van der Waals surface area contributed by atoms with Crippen molar-refractivity contribution < 1.29 is 4.74 Å². The SMILES string of the molecule is CCOc1cccnc1NCc1cc(Br)cs1. The van der Waals surface area contributed by atoms with Gasteiger partial charge in [0.2, 0.25) is 0 Å². The van der Waals surface area contributed by atoms with Crippen LogP contribution in [0.1, 0.15) is 11.8 Å². The number of nitrogens with one attached hydrogen (secondary N) is 1. The molecule has 3 nitrogen and oxygen atoms in total. The van der Waals surface area contributed by atoms with Gasteiger partial charge in [0.1, 0.15) is 0 Å². The summed E-state index contributed by atoms with van der Waals surface area (Å²) in [4.78, 5) is 5.53. The molecule has 0 amide bonds. The fourth-order valence-corrected chi connectivity index (χ4v) is 2.80. The summed E-state index contributed by atoms with van der Waals surface area (Å²) >= 11 is 5.15. The van der Waals surface area contributed by atoms with Crippen molar-refractivity contribution in [1.29, 1.82) is 0 Å². The Morgan fingerprint density at radius 3 is 3.12 bits per heavy atom. The fourth-order valence-electron chi connectivity index (χ4n) is 1.41. The molecule has 2 aromatic rings.